The van der Waals surface area contributed by atoms with Crippen LogP contribution >= 0.6 is 23.2 Å². The largest absolute Gasteiger partial charge is 0.316 e. The lowest BCUT2D eigenvalue weighted by Crippen LogP contribution is -2.50. The Morgan fingerprint density at radius 1 is 1.30 bits per heavy atom. The van der Waals surface area contributed by atoms with Crippen LogP contribution in [0, 0.1) is 11.8 Å². The normalized spacial score (nSPS) is 25.8. The smallest absolute Gasteiger partial charge is 0.0458 e. The Balaban J connectivity index is 2.19. The highest BCUT2D eigenvalue weighted by Crippen LogP contribution is 2.52. The van der Waals surface area contributed by atoms with E-state index in [0.717, 1.165) is 41.4 Å². The van der Waals surface area contributed by atoms with Crippen molar-refractivity contribution in [3.63, 3.8) is 0 Å². The fourth-order valence-corrected chi connectivity index (χ4v) is 3.91. The molecule has 1 aliphatic rings. The first kappa shape index (κ1) is 16.1. The number of nitrogens with one attached hydrogen (secondary N) is 1. The summed E-state index contributed by atoms with van der Waals surface area (Å²) in [5, 5.41) is 5.12. The highest BCUT2D eigenvalue weighted by molar-refractivity contribution is 6.35. The minimum atomic E-state index is 0.200. The van der Waals surface area contributed by atoms with Crippen LogP contribution in [-0.2, 0) is 5.41 Å². The zero-order chi connectivity index (χ0) is 14.8. The Morgan fingerprint density at radius 3 is 2.55 bits per heavy atom. The molecule has 20 heavy (non-hydrogen) atoms. The number of benzene rings is 1. The van der Waals surface area contributed by atoms with Crippen molar-refractivity contribution in [3.8, 4) is 0 Å². The Bertz CT molecular complexity index is 450. The molecule has 0 aromatic heterocycles. The van der Waals surface area contributed by atoms with E-state index in [-0.39, 0.29) is 5.41 Å². The van der Waals surface area contributed by atoms with Gasteiger partial charge < -0.3 is 5.32 Å². The van der Waals surface area contributed by atoms with E-state index in [2.05, 4.69) is 32.2 Å². The maximum Gasteiger partial charge on any atom is 0.0458 e. The van der Waals surface area contributed by atoms with Gasteiger partial charge >= 0.3 is 0 Å². The number of hydrogen-bond acceptors (Lipinski definition) is 1. The lowest BCUT2D eigenvalue weighted by Gasteiger charge is -2.50. The average molecular weight is 314 g/mol. The van der Waals surface area contributed by atoms with Crippen molar-refractivity contribution in [2.75, 3.05) is 13.1 Å². The molecular weight excluding hydrogens is 289 g/mol. The minimum absolute atomic E-state index is 0.200. The maximum atomic E-state index is 6.45. The molecule has 1 aromatic rings. The standard InChI is InChI=1S/C17H25Cl2N/c1-4-7-20-11-17(9-13(10-17)12(2)3)15-6-5-14(18)8-16(15)19/h5-6,8,12-13,20H,4,7,9-11H2,1-3H3. The minimum Gasteiger partial charge on any atom is -0.316 e. The molecule has 0 spiro atoms. The summed E-state index contributed by atoms with van der Waals surface area (Å²) in [7, 11) is 0. The van der Waals surface area contributed by atoms with Gasteiger partial charge in [-0.15, -0.1) is 0 Å². The van der Waals surface area contributed by atoms with Crippen molar-refractivity contribution in [3.05, 3.63) is 33.8 Å². The van der Waals surface area contributed by atoms with Gasteiger partial charge in [0.15, 0.2) is 0 Å². The van der Waals surface area contributed by atoms with E-state index in [4.69, 9.17) is 23.2 Å². The number of halogens is 2. The van der Waals surface area contributed by atoms with Crippen LogP contribution in [0.25, 0.3) is 0 Å². The van der Waals surface area contributed by atoms with Gasteiger partial charge in [0.25, 0.3) is 0 Å². The van der Waals surface area contributed by atoms with Crippen LogP contribution in [0.15, 0.2) is 18.2 Å². The molecule has 0 atom stereocenters. The van der Waals surface area contributed by atoms with E-state index in [1.807, 2.05) is 12.1 Å². The molecule has 0 saturated heterocycles. The molecule has 0 aliphatic heterocycles. The van der Waals surface area contributed by atoms with Crippen LogP contribution in [0.3, 0.4) is 0 Å². The molecule has 3 heteroatoms. The zero-order valence-corrected chi connectivity index (χ0v) is 14.2. The third-order valence-corrected chi connectivity index (χ3v) is 5.19. The highest BCUT2D eigenvalue weighted by Gasteiger charge is 2.46. The van der Waals surface area contributed by atoms with Crippen LogP contribution in [-0.4, -0.2) is 13.1 Å². The zero-order valence-electron chi connectivity index (χ0n) is 12.7. The lowest BCUT2D eigenvalue weighted by atomic mass is 9.56. The van der Waals surface area contributed by atoms with E-state index in [9.17, 15) is 0 Å². The molecule has 0 amide bonds. The SMILES string of the molecule is CCCNCC1(c2ccc(Cl)cc2Cl)CC(C(C)C)C1. The van der Waals surface area contributed by atoms with E-state index in [1.165, 1.54) is 18.4 Å². The fraction of sp³-hybridized carbons (Fsp3) is 0.647. The molecule has 2 rings (SSSR count). The van der Waals surface area contributed by atoms with Gasteiger partial charge in [0.2, 0.25) is 0 Å². The fourth-order valence-electron chi connectivity index (χ4n) is 3.30. The Labute approximate surface area is 133 Å². The molecule has 0 radical (unpaired) electrons. The molecule has 112 valence electrons. The van der Waals surface area contributed by atoms with Gasteiger partial charge in [0, 0.05) is 22.0 Å². The monoisotopic (exact) mass is 313 g/mol. The summed E-state index contributed by atoms with van der Waals surface area (Å²) in [5.41, 5.74) is 1.47. The summed E-state index contributed by atoms with van der Waals surface area (Å²) >= 11 is 12.5. The molecule has 1 aliphatic carbocycles. The summed E-state index contributed by atoms with van der Waals surface area (Å²) in [6, 6.07) is 5.96. The van der Waals surface area contributed by atoms with Gasteiger partial charge in [-0.2, -0.15) is 0 Å². The van der Waals surface area contributed by atoms with Crippen LogP contribution in [0.5, 0.6) is 0 Å². The molecule has 1 N–H and O–H groups in total. The van der Waals surface area contributed by atoms with Crippen molar-refractivity contribution < 1.29 is 0 Å². The van der Waals surface area contributed by atoms with Crippen molar-refractivity contribution in [2.45, 2.75) is 45.4 Å². The predicted molar refractivity (Wildman–Crippen MR) is 88.9 cm³/mol. The van der Waals surface area contributed by atoms with E-state index in [0.29, 0.717) is 0 Å². The van der Waals surface area contributed by atoms with Gasteiger partial charge in [-0.3, -0.25) is 0 Å². The van der Waals surface area contributed by atoms with Crippen molar-refractivity contribution in [1.82, 2.24) is 5.32 Å². The first-order valence-corrected chi connectivity index (χ1v) is 8.40. The van der Waals surface area contributed by atoms with Gasteiger partial charge in [-0.1, -0.05) is 50.0 Å². The first-order valence-electron chi connectivity index (χ1n) is 7.65. The second-order valence-corrected chi connectivity index (χ2v) is 7.34. The molecular formula is C17H25Cl2N. The lowest BCUT2D eigenvalue weighted by molar-refractivity contribution is 0.0979. The quantitative estimate of drug-likeness (QED) is 0.703. The molecule has 1 fully saturated rings. The predicted octanol–water partition coefficient (Wildman–Crippen LogP) is 5.30. The van der Waals surface area contributed by atoms with E-state index >= 15 is 0 Å². The third-order valence-electron chi connectivity index (χ3n) is 4.64. The van der Waals surface area contributed by atoms with Gasteiger partial charge in [-0.05, 0) is 55.3 Å². The maximum absolute atomic E-state index is 6.45. The Kier molecular flexibility index (Phi) is 5.39. The van der Waals surface area contributed by atoms with Crippen molar-refractivity contribution in [1.29, 1.82) is 0 Å². The molecule has 1 saturated carbocycles. The molecule has 0 heterocycles. The first-order chi connectivity index (χ1) is 9.48. The van der Waals surface area contributed by atoms with Crippen molar-refractivity contribution >= 4 is 23.2 Å². The number of hydrogen-bond donors (Lipinski definition) is 1. The van der Waals surface area contributed by atoms with Gasteiger partial charge in [0.1, 0.15) is 0 Å². The van der Waals surface area contributed by atoms with Crippen LogP contribution < -0.4 is 5.32 Å². The van der Waals surface area contributed by atoms with E-state index < -0.39 is 0 Å². The third kappa shape index (κ3) is 3.32. The van der Waals surface area contributed by atoms with Gasteiger partial charge in [0.05, 0.1) is 0 Å². The Hall–Kier alpha value is -0.240. The van der Waals surface area contributed by atoms with Crippen molar-refractivity contribution in [2.24, 2.45) is 11.8 Å². The summed E-state index contributed by atoms with van der Waals surface area (Å²) in [5.74, 6) is 1.56. The summed E-state index contributed by atoms with van der Waals surface area (Å²) in [6.07, 6.45) is 3.61. The summed E-state index contributed by atoms with van der Waals surface area (Å²) in [4.78, 5) is 0. The average Bonchev–Trinajstić information content (AvgIpc) is 2.33. The molecule has 0 unspecified atom stereocenters. The van der Waals surface area contributed by atoms with Crippen LogP contribution in [0.1, 0.15) is 45.6 Å². The Morgan fingerprint density at radius 2 is 2.00 bits per heavy atom. The molecule has 1 nitrogen and oxygen atoms in total. The van der Waals surface area contributed by atoms with Crippen LogP contribution in [0.2, 0.25) is 10.0 Å². The highest BCUT2D eigenvalue weighted by atomic mass is 35.5. The van der Waals surface area contributed by atoms with Crippen LogP contribution in [0.4, 0.5) is 0 Å². The number of rotatable bonds is 6. The van der Waals surface area contributed by atoms with E-state index in [1.54, 1.807) is 0 Å². The van der Waals surface area contributed by atoms with Gasteiger partial charge in [-0.25, -0.2) is 0 Å². The topological polar surface area (TPSA) is 12.0 Å². The second-order valence-electron chi connectivity index (χ2n) is 6.49. The summed E-state index contributed by atoms with van der Waals surface area (Å²) in [6.45, 7) is 8.92. The summed E-state index contributed by atoms with van der Waals surface area (Å²) < 4.78 is 0. The molecule has 1 aromatic carbocycles. The second kappa shape index (κ2) is 6.68. The molecule has 0 bridgehead atoms.